The summed E-state index contributed by atoms with van der Waals surface area (Å²) in [4.78, 5) is 15.5. The summed E-state index contributed by atoms with van der Waals surface area (Å²) in [6.07, 6.45) is 6.52. The van der Waals surface area contributed by atoms with Gasteiger partial charge in [0.15, 0.2) is 0 Å². The van der Waals surface area contributed by atoms with E-state index in [1.807, 2.05) is 30.6 Å². The predicted octanol–water partition coefficient (Wildman–Crippen LogP) is 4.72. The predicted molar refractivity (Wildman–Crippen MR) is 131 cm³/mol. The third kappa shape index (κ3) is 4.41. The van der Waals surface area contributed by atoms with Crippen molar-refractivity contribution in [1.82, 2.24) is 19.9 Å². The third-order valence-corrected chi connectivity index (χ3v) is 5.69. The van der Waals surface area contributed by atoms with Crippen LogP contribution < -0.4 is 20.1 Å². The van der Waals surface area contributed by atoms with Gasteiger partial charge in [-0.05, 0) is 53.3 Å². The number of nitrogens with one attached hydrogen (secondary N) is 4. The van der Waals surface area contributed by atoms with E-state index in [1.165, 1.54) is 16.5 Å². The van der Waals surface area contributed by atoms with E-state index in [1.54, 1.807) is 20.4 Å². The number of nitrogens with zero attached hydrogens (tertiary/aromatic N) is 2. The molecule has 168 valence electrons. The lowest BCUT2D eigenvalue weighted by Crippen LogP contribution is -2.09. The maximum atomic E-state index is 5.49. The van der Waals surface area contributed by atoms with Crippen LogP contribution in [0.3, 0.4) is 0 Å². The minimum absolute atomic E-state index is 0.594. The highest BCUT2D eigenvalue weighted by atomic mass is 16.5. The molecule has 0 saturated carbocycles. The maximum Gasteiger partial charge on any atom is 0.224 e. The van der Waals surface area contributed by atoms with Crippen LogP contribution in [-0.2, 0) is 13.0 Å². The van der Waals surface area contributed by atoms with Crippen molar-refractivity contribution in [3.8, 4) is 11.5 Å². The van der Waals surface area contributed by atoms with E-state index in [4.69, 9.17) is 9.47 Å². The summed E-state index contributed by atoms with van der Waals surface area (Å²) in [6.45, 7) is 1.39. The molecule has 0 aliphatic rings. The van der Waals surface area contributed by atoms with Gasteiger partial charge < -0.3 is 30.1 Å². The summed E-state index contributed by atoms with van der Waals surface area (Å²) in [5.74, 6) is 2.91. The van der Waals surface area contributed by atoms with Crippen LogP contribution in [0.1, 0.15) is 11.1 Å². The van der Waals surface area contributed by atoms with E-state index in [0.717, 1.165) is 40.2 Å². The van der Waals surface area contributed by atoms with Crippen LogP contribution >= 0.6 is 0 Å². The zero-order chi connectivity index (χ0) is 22.6. The molecule has 0 atom stereocenters. The van der Waals surface area contributed by atoms with Crippen molar-refractivity contribution < 1.29 is 9.47 Å². The average molecular weight is 443 g/mol. The van der Waals surface area contributed by atoms with Crippen molar-refractivity contribution >= 4 is 33.6 Å². The quantitative estimate of drug-likeness (QED) is 0.264. The summed E-state index contributed by atoms with van der Waals surface area (Å²) >= 11 is 0. The molecule has 0 bridgehead atoms. The number of H-pyrrole nitrogens is 2. The number of ether oxygens (including phenoxy) is 2. The Morgan fingerprint density at radius 3 is 2.79 bits per heavy atom. The van der Waals surface area contributed by atoms with Crippen LogP contribution in [0.15, 0.2) is 61.1 Å². The van der Waals surface area contributed by atoms with Crippen molar-refractivity contribution in [2.24, 2.45) is 0 Å². The molecule has 0 amide bonds. The van der Waals surface area contributed by atoms with E-state index in [0.29, 0.717) is 19.0 Å². The van der Waals surface area contributed by atoms with Crippen molar-refractivity contribution in [3.05, 3.63) is 72.2 Å². The first-order valence-electron chi connectivity index (χ1n) is 10.8. The fourth-order valence-corrected chi connectivity index (χ4v) is 3.97. The van der Waals surface area contributed by atoms with Gasteiger partial charge in [0.1, 0.15) is 17.3 Å². The largest absolute Gasteiger partial charge is 0.497 e. The molecule has 0 spiro atoms. The molecule has 33 heavy (non-hydrogen) atoms. The van der Waals surface area contributed by atoms with Crippen LogP contribution in [-0.4, -0.2) is 40.7 Å². The van der Waals surface area contributed by atoms with Crippen molar-refractivity contribution in [3.63, 3.8) is 0 Å². The summed E-state index contributed by atoms with van der Waals surface area (Å²) < 4.78 is 10.9. The molecule has 5 aromatic rings. The molecule has 0 saturated heterocycles. The van der Waals surface area contributed by atoms with Crippen LogP contribution in [0, 0.1) is 0 Å². The number of hydrogen-bond acceptors (Lipinski definition) is 6. The first-order chi connectivity index (χ1) is 16.2. The molecule has 8 nitrogen and oxygen atoms in total. The Kier molecular flexibility index (Phi) is 5.72. The van der Waals surface area contributed by atoms with Gasteiger partial charge in [-0.1, -0.05) is 6.07 Å². The van der Waals surface area contributed by atoms with Gasteiger partial charge >= 0.3 is 0 Å². The molecule has 3 aromatic heterocycles. The van der Waals surface area contributed by atoms with E-state index in [-0.39, 0.29) is 0 Å². The van der Waals surface area contributed by atoms with Gasteiger partial charge in [0.2, 0.25) is 5.95 Å². The van der Waals surface area contributed by atoms with E-state index >= 15 is 0 Å². The van der Waals surface area contributed by atoms with Crippen LogP contribution in [0.2, 0.25) is 0 Å². The summed E-state index contributed by atoms with van der Waals surface area (Å²) in [5.41, 5.74) is 4.47. The number of hydrogen-bond donors (Lipinski definition) is 4. The molecule has 5 rings (SSSR count). The minimum atomic E-state index is 0.594. The first kappa shape index (κ1) is 20.7. The highest BCUT2D eigenvalue weighted by molar-refractivity contribution is 5.90. The lowest BCUT2D eigenvalue weighted by atomic mass is 10.1. The Morgan fingerprint density at radius 2 is 1.91 bits per heavy atom. The smallest absolute Gasteiger partial charge is 0.224 e. The SMILES string of the molecule is COc1cc(OC)c2[nH]cc(CCNc3nccc(NCc4ccc5[nH]ccc5c4)n3)c2c1. The topological polar surface area (TPSA) is 99.9 Å². The first-order valence-corrected chi connectivity index (χ1v) is 10.8. The number of methoxy groups -OCH3 is 2. The average Bonchev–Trinajstić information content (AvgIpc) is 3.49. The molecule has 0 fully saturated rings. The number of aromatic amines is 2. The number of aromatic nitrogens is 4. The molecule has 2 aromatic carbocycles. The Morgan fingerprint density at radius 1 is 0.970 bits per heavy atom. The Balaban J connectivity index is 1.21. The van der Waals surface area contributed by atoms with Gasteiger partial charge in [-0.2, -0.15) is 4.98 Å². The number of rotatable bonds is 9. The maximum absolute atomic E-state index is 5.49. The molecular formula is C25H26N6O2. The fraction of sp³-hybridized carbons (Fsp3) is 0.200. The summed E-state index contributed by atoms with van der Waals surface area (Å²) in [6, 6.07) is 14.2. The molecule has 0 aliphatic heterocycles. The molecule has 0 unspecified atom stereocenters. The highest BCUT2D eigenvalue weighted by Gasteiger charge is 2.11. The van der Waals surface area contributed by atoms with Crippen LogP contribution in [0.5, 0.6) is 11.5 Å². The third-order valence-electron chi connectivity index (χ3n) is 5.69. The Labute approximate surface area is 191 Å². The van der Waals surface area contributed by atoms with E-state index in [2.05, 4.69) is 54.8 Å². The lowest BCUT2D eigenvalue weighted by Gasteiger charge is -2.09. The molecule has 4 N–H and O–H groups in total. The second kappa shape index (κ2) is 9.12. The van der Waals surface area contributed by atoms with Crippen molar-refractivity contribution in [1.29, 1.82) is 0 Å². The summed E-state index contributed by atoms with van der Waals surface area (Å²) in [7, 11) is 3.32. The van der Waals surface area contributed by atoms with Gasteiger partial charge in [-0.25, -0.2) is 4.98 Å². The van der Waals surface area contributed by atoms with Gasteiger partial charge in [0.25, 0.3) is 0 Å². The lowest BCUT2D eigenvalue weighted by molar-refractivity contribution is 0.397. The Hall–Kier alpha value is -4.20. The van der Waals surface area contributed by atoms with Gasteiger partial charge in [0.05, 0.1) is 19.7 Å². The standard InChI is InChI=1S/C25H26N6O2/c1-32-19-12-20-18(15-30-24(20)22(13-19)33-2)6-9-27-25-28-10-7-23(31-25)29-14-16-3-4-21-17(11-16)5-8-26-21/h3-5,7-8,10-13,15,26,30H,6,9,14H2,1-2H3,(H2,27,28,29,31). The highest BCUT2D eigenvalue weighted by Crippen LogP contribution is 2.32. The second-order valence-electron chi connectivity index (χ2n) is 7.76. The number of benzene rings is 2. The molecule has 0 radical (unpaired) electrons. The second-order valence-corrected chi connectivity index (χ2v) is 7.76. The van der Waals surface area contributed by atoms with E-state index in [9.17, 15) is 0 Å². The van der Waals surface area contributed by atoms with E-state index < -0.39 is 0 Å². The van der Waals surface area contributed by atoms with Gasteiger partial charge in [-0.3, -0.25) is 0 Å². The molecular weight excluding hydrogens is 416 g/mol. The molecule has 3 heterocycles. The van der Waals surface area contributed by atoms with Crippen molar-refractivity contribution in [2.75, 3.05) is 31.4 Å². The molecule has 0 aliphatic carbocycles. The number of fused-ring (bicyclic) bond motifs is 2. The number of anilines is 2. The minimum Gasteiger partial charge on any atom is -0.497 e. The van der Waals surface area contributed by atoms with Crippen molar-refractivity contribution in [2.45, 2.75) is 13.0 Å². The zero-order valence-electron chi connectivity index (χ0n) is 18.6. The van der Waals surface area contributed by atoms with Gasteiger partial charge in [-0.15, -0.1) is 0 Å². The van der Waals surface area contributed by atoms with Gasteiger partial charge in [0, 0.05) is 48.6 Å². The monoisotopic (exact) mass is 442 g/mol. The Bertz CT molecular complexity index is 1390. The van der Waals surface area contributed by atoms with Crippen LogP contribution in [0.4, 0.5) is 11.8 Å². The fourth-order valence-electron chi connectivity index (χ4n) is 3.97. The van der Waals surface area contributed by atoms with Crippen LogP contribution in [0.25, 0.3) is 21.8 Å². The normalized spacial score (nSPS) is 11.1. The summed E-state index contributed by atoms with van der Waals surface area (Å²) in [5, 5.41) is 8.99. The zero-order valence-corrected chi connectivity index (χ0v) is 18.6. The molecule has 8 heteroatoms.